The first-order valence-corrected chi connectivity index (χ1v) is 8.20. The minimum Gasteiger partial charge on any atom is -0.389 e. The van der Waals surface area contributed by atoms with Crippen LogP contribution in [0.2, 0.25) is 0 Å². The molecule has 7 heteroatoms. The van der Waals surface area contributed by atoms with Crippen LogP contribution in [0.1, 0.15) is 17.5 Å². The van der Waals surface area contributed by atoms with Gasteiger partial charge in [0.15, 0.2) is 5.82 Å². The first-order chi connectivity index (χ1) is 11.7. The van der Waals surface area contributed by atoms with E-state index in [0.717, 1.165) is 17.9 Å². The number of aliphatic hydroxyl groups excluding tert-OH is 1. The minimum atomic E-state index is -0.521. The summed E-state index contributed by atoms with van der Waals surface area (Å²) in [6.07, 6.45) is 1.04. The van der Waals surface area contributed by atoms with Crippen molar-refractivity contribution in [3.63, 3.8) is 0 Å². The second-order valence-corrected chi connectivity index (χ2v) is 6.07. The van der Waals surface area contributed by atoms with Crippen LogP contribution in [0.15, 0.2) is 36.7 Å². The summed E-state index contributed by atoms with van der Waals surface area (Å²) in [6, 6.07) is 9.97. The predicted molar refractivity (Wildman–Crippen MR) is 88.2 cm³/mol. The molecule has 0 amide bonds. The van der Waals surface area contributed by atoms with Gasteiger partial charge in [-0.15, -0.1) is 10.2 Å². The predicted octanol–water partition coefficient (Wildman–Crippen LogP) is 0.766. The fourth-order valence-electron chi connectivity index (χ4n) is 2.85. The summed E-state index contributed by atoms with van der Waals surface area (Å²) in [5, 5.41) is 18.2. The number of aromatic nitrogens is 3. The van der Waals surface area contributed by atoms with Crippen LogP contribution in [0.5, 0.6) is 0 Å². The summed E-state index contributed by atoms with van der Waals surface area (Å²) in [6.45, 7) is 3.51. The number of ether oxygens (including phenoxy) is 2. The molecule has 1 aliphatic heterocycles. The van der Waals surface area contributed by atoms with Gasteiger partial charge in [0.25, 0.3) is 0 Å². The maximum Gasteiger partial charge on any atom is 0.163 e. The molecule has 1 fully saturated rings. The number of aliphatic hydroxyl groups is 1. The van der Waals surface area contributed by atoms with Gasteiger partial charge < -0.3 is 19.1 Å². The summed E-state index contributed by atoms with van der Waals surface area (Å²) in [5.74, 6) is 0.814. The first-order valence-electron chi connectivity index (χ1n) is 8.20. The van der Waals surface area contributed by atoms with Crippen molar-refractivity contribution in [3.05, 3.63) is 48.0 Å². The van der Waals surface area contributed by atoms with Crippen LogP contribution in [-0.2, 0) is 23.1 Å². The maximum atomic E-state index is 10.2. The van der Waals surface area contributed by atoms with Crippen LogP contribution in [0, 0.1) is 0 Å². The third kappa shape index (κ3) is 4.61. The Labute approximate surface area is 141 Å². The van der Waals surface area contributed by atoms with E-state index >= 15 is 0 Å². The Morgan fingerprint density at radius 1 is 1.38 bits per heavy atom. The average molecular weight is 332 g/mol. The zero-order valence-electron chi connectivity index (χ0n) is 13.9. The van der Waals surface area contributed by atoms with Gasteiger partial charge in [0.2, 0.25) is 0 Å². The number of nitrogens with zero attached hydrogens (tertiary/aromatic N) is 4. The molecule has 1 saturated heterocycles. The second kappa shape index (κ2) is 8.34. The lowest BCUT2D eigenvalue weighted by Gasteiger charge is -2.33. The van der Waals surface area contributed by atoms with Crippen LogP contribution < -0.4 is 0 Å². The van der Waals surface area contributed by atoms with Crippen molar-refractivity contribution in [2.24, 2.45) is 7.05 Å². The molecule has 2 aromatic rings. The molecule has 1 aliphatic rings. The van der Waals surface area contributed by atoms with Gasteiger partial charge in [-0.25, -0.2) is 0 Å². The Hall–Kier alpha value is -1.80. The Morgan fingerprint density at radius 3 is 2.96 bits per heavy atom. The van der Waals surface area contributed by atoms with E-state index in [2.05, 4.69) is 15.1 Å². The Balaban J connectivity index is 1.42. The lowest BCUT2D eigenvalue weighted by atomic mass is 10.2. The van der Waals surface area contributed by atoms with E-state index in [4.69, 9.17) is 9.47 Å². The van der Waals surface area contributed by atoms with Crippen molar-refractivity contribution < 1.29 is 14.6 Å². The molecule has 1 N–H and O–H groups in total. The van der Waals surface area contributed by atoms with Gasteiger partial charge in [-0.3, -0.25) is 4.90 Å². The molecule has 130 valence electrons. The molecule has 0 spiro atoms. The van der Waals surface area contributed by atoms with E-state index in [-0.39, 0.29) is 6.10 Å². The molecule has 0 bridgehead atoms. The highest BCUT2D eigenvalue weighted by molar-refractivity contribution is 5.13. The molecule has 1 aromatic carbocycles. The van der Waals surface area contributed by atoms with Gasteiger partial charge in [-0.1, -0.05) is 30.3 Å². The minimum absolute atomic E-state index is 0.108. The molecule has 24 heavy (non-hydrogen) atoms. The number of rotatable bonds is 7. The first kappa shape index (κ1) is 17.0. The van der Waals surface area contributed by atoms with Crippen molar-refractivity contribution in [1.29, 1.82) is 0 Å². The number of morpholine rings is 1. The zero-order valence-corrected chi connectivity index (χ0v) is 13.9. The number of benzene rings is 1. The van der Waals surface area contributed by atoms with Crippen LogP contribution in [-0.4, -0.2) is 63.7 Å². The number of aryl methyl sites for hydroxylation is 1. The molecule has 0 radical (unpaired) electrons. The van der Waals surface area contributed by atoms with Gasteiger partial charge in [0, 0.05) is 26.7 Å². The molecule has 0 aliphatic carbocycles. The van der Waals surface area contributed by atoms with E-state index in [1.165, 1.54) is 0 Å². The molecule has 7 nitrogen and oxygen atoms in total. The molecular formula is C17H24N4O3. The number of β-amino-alcohol motifs (C(OH)–C–C–N with tert-alkyl or cyclic N) is 1. The fourth-order valence-corrected chi connectivity index (χ4v) is 2.85. The Kier molecular flexibility index (Phi) is 5.92. The standard InChI is InChI=1S/C17H24N4O3/c1-20-13-18-19-17(20)16-10-21(7-8-24-16)9-15(22)12-23-11-14-5-3-2-4-6-14/h2-6,13,15-16,22H,7-12H2,1H3/t15-,16?/m1/s1. The van der Waals surface area contributed by atoms with Gasteiger partial charge in [0.05, 0.1) is 25.9 Å². The highest BCUT2D eigenvalue weighted by Gasteiger charge is 2.26. The topological polar surface area (TPSA) is 72.6 Å². The van der Waals surface area contributed by atoms with E-state index in [0.29, 0.717) is 32.9 Å². The van der Waals surface area contributed by atoms with Crippen LogP contribution in [0.25, 0.3) is 0 Å². The lowest BCUT2D eigenvalue weighted by molar-refractivity contribution is -0.0575. The summed E-state index contributed by atoms with van der Waals surface area (Å²) in [5.41, 5.74) is 1.11. The monoisotopic (exact) mass is 332 g/mol. The molecule has 2 heterocycles. The highest BCUT2D eigenvalue weighted by Crippen LogP contribution is 2.19. The fraction of sp³-hybridized carbons (Fsp3) is 0.529. The van der Waals surface area contributed by atoms with Gasteiger partial charge in [0.1, 0.15) is 12.4 Å². The number of hydrogen-bond acceptors (Lipinski definition) is 6. The molecule has 0 saturated carbocycles. The average Bonchev–Trinajstić information content (AvgIpc) is 3.02. The summed E-state index contributed by atoms with van der Waals surface area (Å²) < 4.78 is 13.3. The third-order valence-electron chi connectivity index (χ3n) is 4.08. The maximum absolute atomic E-state index is 10.2. The van der Waals surface area contributed by atoms with Crippen LogP contribution >= 0.6 is 0 Å². The molecular weight excluding hydrogens is 308 g/mol. The van der Waals surface area contributed by atoms with Gasteiger partial charge in [-0.05, 0) is 5.56 Å². The van der Waals surface area contributed by atoms with Crippen molar-refractivity contribution in [3.8, 4) is 0 Å². The second-order valence-electron chi connectivity index (χ2n) is 6.07. The SMILES string of the molecule is Cn1cnnc1C1CN(C[C@@H](O)COCc2ccccc2)CCO1. The highest BCUT2D eigenvalue weighted by atomic mass is 16.5. The number of hydrogen-bond donors (Lipinski definition) is 1. The van der Waals surface area contributed by atoms with Crippen LogP contribution in [0.3, 0.4) is 0 Å². The van der Waals surface area contributed by atoms with Gasteiger partial charge in [-0.2, -0.15) is 0 Å². The van der Waals surface area contributed by atoms with Crippen LogP contribution in [0.4, 0.5) is 0 Å². The molecule has 3 rings (SSSR count). The van der Waals surface area contributed by atoms with E-state index in [1.807, 2.05) is 41.9 Å². The molecule has 1 unspecified atom stereocenters. The van der Waals surface area contributed by atoms with Crippen molar-refractivity contribution >= 4 is 0 Å². The van der Waals surface area contributed by atoms with E-state index in [1.54, 1.807) is 6.33 Å². The quantitative estimate of drug-likeness (QED) is 0.807. The normalized spacial score (nSPS) is 20.2. The van der Waals surface area contributed by atoms with E-state index < -0.39 is 6.10 Å². The summed E-state index contributed by atoms with van der Waals surface area (Å²) in [7, 11) is 1.91. The largest absolute Gasteiger partial charge is 0.389 e. The summed E-state index contributed by atoms with van der Waals surface area (Å²) in [4.78, 5) is 2.18. The van der Waals surface area contributed by atoms with Gasteiger partial charge >= 0.3 is 0 Å². The summed E-state index contributed by atoms with van der Waals surface area (Å²) >= 11 is 0. The zero-order chi connectivity index (χ0) is 16.8. The van der Waals surface area contributed by atoms with E-state index in [9.17, 15) is 5.11 Å². The Morgan fingerprint density at radius 2 is 2.21 bits per heavy atom. The van der Waals surface area contributed by atoms with Crippen molar-refractivity contribution in [2.75, 3.05) is 32.8 Å². The molecule has 1 aromatic heterocycles. The smallest absolute Gasteiger partial charge is 0.163 e. The van der Waals surface area contributed by atoms with Crippen molar-refractivity contribution in [1.82, 2.24) is 19.7 Å². The van der Waals surface area contributed by atoms with Crippen molar-refractivity contribution in [2.45, 2.75) is 18.8 Å². The Bertz CT molecular complexity index is 619. The lowest BCUT2D eigenvalue weighted by Crippen LogP contribution is -2.43. The third-order valence-corrected chi connectivity index (χ3v) is 4.08. The molecule has 2 atom stereocenters.